The van der Waals surface area contributed by atoms with Crippen LogP contribution in [-0.4, -0.2) is 31.2 Å². The quantitative estimate of drug-likeness (QED) is 0.408. The molecule has 6 nitrogen and oxygen atoms in total. The van der Waals surface area contributed by atoms with Crippen molar-refractivity contribution in [2.45, 2.75) is 17.8 Å². The topological polar surface area (TPSA) is 64.7 Å². The third-order valence-corrected chi connectivity index (χ3v) is 5.46. The van der Waals surface area contributed by atoms with Gasteiger partial charge >= 0.3 is 6.18 Å². The Morgan fingerprint density at radius 1 is 0.938 bits per heavy atom. The molecule has 32 heavy (non-hydrogen) atoms. The normalized spacial score (nSPS) is 11.5. The van der Waals surface area contributed by atoms with E-state index in [2.05, 4.69) is 15.5 Å². The third kappa shape index (κ3) is 5.02. The number of rotatable bonds is 7. The monoisotopic (exact) mass is 457 g/mol. The fourth-order valence-corrected chi connectivity index (χ4v) is 3.87. The summed E-state index contributed by atoms with van der Waals surface area (Å²) in [4.78, 5) is 12.4. The van der Waals surface area contributed by atoms with E-state index in [1.165, 1.54) is 18.2 Å². The summed E-state index contributed by atoms with van der Waals surface area (Å²) >= 11 is 1.09. The van der Waals surface area contributed by atoms with Gasteiger partial charge in [-0.15, -0.1) is 10.2 Å². The van der Waals surface area contributed by atoms with Gasteiger partial charge in [-0.05, 0) is 29.8 Å². The highest BCUT2D eigenvalue weighted by atomic mass is 32.2. The fourth-order valence-electron chi connectivity index (χ4n) is 3.12. The van der Waals surface area contributed by atoms with Crippen LogP contribution in [0, 0.1) is 0 Å². The third-order valence-electron chi connectivity index (χ3n) is 4.54. The van der Waals surface area contributed by atoms with E-state index < -0.39 is 17.6 Å². The van der Waals surface area contributed by atoms with Gasteiger partial charge in [0.1, 0.15) is 0 Å². The van der Waals surface area contributed by atoms with Crippen molar-refractivity contribution in [3.8, 4) is 0 Å². The molecule has 1 N–H and O–H groups in total. The summed E-state index contributed by atoms with van der Waals surface area (Å²) in [5.74, 6) is -0.0344. The highest BCUT2D eigenvalue weighted by Gasteiger charge is 2.33. The number of amides is 1. The molecule has 0 atom stereocenters. The largest absolute Gasteiger partial charge is 0.418 e. The number of carbonyl (C=O) groups is 1. The van der Waals surface area contributed by atoms with Crippen molar-refractivity contribution >= 4 is 23.4 Å². The molecule has 0 aliphatic heterocycles. The first-order valence-corrected chi connectivity index (χ1v) is 10.6. The summed E-state index contributed by atoms with van der Waals surface area (Å²) in [6.45, 7) is 0. The van der Waals surface area contributed by atoms with Crippen LogP contribution in [0.25, 0.3) is 0 Å². The van der Waals surface area contributed by atoms with Gasteiger partial charge in [0.15, 0.2) is 5.82 Å². The van der Waals surface area contributed by atoms with E-state index in [9.17, 15) is 18.0 Å². The van der Waals surface area contributed by atoms with Crippen LogP contribution in [0.2, 0.25) is 0 Å². The Balaban J connectivity index is 1.51. The molecule has 1 amide bonds. The molecule has 0 bridgehead atoms. The van der Waals surface area contributed by atoms with Crippen molar-refractivity contribution in [3.05, 3.63) is 96.1 Å². The van der Waals surface area contributed by atoms with Crippen LogP contribution in [-0.2, 0) is 17.4 Å². The smallest absolute Gasteiger partial charge is 0.325 e. The van der Waals surface area contributed by atoms with Crippen LogP contribution in [0.3, 0.4) is 0 Å². The zero-order chi connectivity index (χ0) is 22.6. The number of para-hydroxylation sites is 1. The minimum absolute atomic E-state index is 0.128. The standard InChI is InChI=1S/C22H18F3N5OS/c23-22(24,25)17-10-4-5-11-18(17)26-20(31)15-32-21-28-27-19(14-16-8-2-1-3-9-16)30(21)29-12-6-7-13-29/h1-13H,14-15H2,(H,26,31). The van der Waals surface area contributed by atoms with Gasteiger partial charge in [-0.3, -0.25) is 9.47 Å². The van der Waals surface area contributed by atoms with E-state index in [0.717, 1.165) is 23.4 Å². The summed E-state index contributed by atoms with van der Waals surface area (Å²) in [6.07, 6.45) is -0.390. The van der Waals surface area contributed by atoms with Crippen LogP contribution in [0.5, 0.6) is 0 Å². The zero-order valence-electron chi connectivity index (χ0n) is 16.7. The second-order valence-corrected chi connectivity index (χ2v) is 7.76. The number of carbonyl (C=O) groups excluding carboxylic acids is 1. The Labute approximate surface area is 186 Å². The Morgan fingerprint density at radius 3 is 2.34 bits per heavy atom. The fraction of sp³-hybridized carbons (Fsp3) is 0.136. The summed E-state index contributed by atoms with van der Waals surface area (Å²) < 4.78 is 43.0. The molecule has 0 saturated carbocycles. The molecule has 4 aromatic rings. The maximum atomic E-state index is 13.2. The lowest BCUT2D eigenvalue weighted by Gasteiger charge is -2.14. The minimum Gasteiger partial charge on any atom is -0.325 e. The summed E-state index contributed by atoms with van der Waals surface area (Å²) in [5.41, 5.74) is -0.118. The second kappa shape index (κ2) is 9.31. The lowest BCUT2D eigenvalue weighted by atomic mass is 10.1. The van der Waals surface area contributed by atoms with Gasteiger partial charge in [0.25, 0.3) is 0 Å². The van der Waals surface area contributed by atoms with Crippen molar-refractivity contribution in [2.24, 2.45) is 0 Å². The second-order valence-electron chi connectivity index (χ2n) is 6.82. The van der Waals surface area contributed by atoms with Crippen LogP contribution in [0.4, 0.5) is 18.9 Å². The van der Waals surface area contributed by atoms with Crippen LogP contribution in [0.15, 0.2) is 84.3 Å². The Morgan fingerprint density at radius 2 is 1.62 bits per heavy atom. The number of nitrogens with one attached hydrogen (secondary N) is 1. The molecule has 10 heteroatoms. The number of nitrogens with zero attached hydrogens (tertiary/aromatic N) is 4. The summed E-state index contributed by atoms with van der Waals surface area (Å²) in [6, 6.07) is 18.3. The van der Waals surface area contributed by atoms with E-state index >= 15 is 0 Å². The van der Waals surface area contributed by atoms with E-state index in [0.29, 0.717) is 17.4 Å². The number of anilines is 1. The van der Waals surface area contributed by atoms with Gasteiger partial charge in [-0.1, -0.05) is 54.2 Å². The van der Waals surface area contributed by atoms with Gasteiger partial charge in [-0.25, -0.2) is 4.68 Å². The van der Waals surface area contributed by atoms with Crippen molar-refractivity contribution < 1.29 is 18.0 Å². The first-order valence-electron chi connectivity index (χ1n) is 9.62. The van der Waals surface area contributed by atoms with Crippen molar-refractivity contribution in [2.75, 3.05) is 11.1 Å². The number of hydrogen-bond donors (Lipinski definition) is 1. The molecule has 0 spiro atoms. The minimum atomic E-state index is -4.56. The van der Waals surface area contributed by atoms with E-state index in [4.69, 9.17) is 0 Å². The molecule has 0 saturated heterocycles. The molecule has 0 fully saturated rings. The Bertz CT molecular complexity index is 1190. The van der Waals surface area contributed by atoms with Gasteiger partial charge in [0.05, 0.1) is 17.0 Å². The molecule has 2 aromatic heterocycles. The predicted molar refractivity (Wildman–Crippen MR) is 115 cm³/mol. The van der Waals surface area contributed by atoms with Crippen molar-refractivity contribution in [3.63, 3.8) is 0 Å². The first kappa shape index (κ1) is 21.7. The average Bonchev–Trinajstić information content (AvgIpc) is 3.42. The number of alkyl halides is 3. The highest BCUT2D eigenvalue weighted by molar-refractivity contribution is 7.99. The van der Waals surface area contributed by atoms with Crippen LogP contribution >= 0.6 is 11.8 Å². The van der Waals surface area contributed by atoms with Crippen molar-refractivity contribution in [1.82, 2.24) is 19.5 Å². The Hall–Kier alpha value is -3.53. The zero-order valence-corrected chi connectivity index (χ0v) is 17.5. The van der Waals surface area contributed by atoms with Crippen molar-refractivity contribution in [1.29, 1.82) is 0 Å². The molecule has 0 unspecified atom stereocenters. The van der Waals surface area contributed by atoms with E-state index in [-0.39, 0.29) is 11.4 Å². The summed E-state index contributed by atoms with van der Waals surface area (Å²) in [5, 5.41) is 11.3. The molecule has 164 valence electrons. The Kier molecular flexibility index (Phi) is 6.31. The molecule has 2 heterocycles. The van der Waals surface area contributed by atoms with Gasteiger partial charge < -0.3 is 5.32 Å². The van der Waals surface area contributed by atoms with Gasteiger partial charge in [0.2, 0.25) is 11.1 Å². The molecule has 0 radical (unpaired) electrons. The lowest BCUT2D eigenvalue weighted by Crippen LogP contribution is -2.19. The molecular formula is C22H18F3N5OS. The maximum Gasteiger partial charge on any atom is 0.418 e. The molecule has 4 rings (SSSR count). The number of halogens is 3. The lowest BCUT2D eigenvalue weighted by molar-refractivity contribution is -0.137. The molecule has 0 aliphatic carbocycles. The number of thioether (sulfide) groups is 1. The SMILES string of the molecule is O=C(CSc1nnc(Cc2ccccc2)n1-n1cccc1)Nc1ccccc1C(F)(F)F. The van der Waals surface area contributed by atoms with E-state index in [1.807, 2.05) is 54.9 Å². The van der Waals surface area contributed by atoms with Gasteiger partial charge in [-0.2, -0.15) is 13.2 Å². The number of benzene rings is 2. The summed E-state index contributed by atoms with van der Waals surface area (Å²) in [7, 11) is 0. The highest BCUT2D eigenvalue weighted by Crippen LogP contribution is 2.34. The molecular weight excluding hydrogens is 439 g/mol. The number of aromatic nitrogens is 4. The van der Waals surface area contributed by atoms with Crippen LogP contribution in [0.1, 0.15) is 17.0 Å². The maximum absolute atomic E-state index is 13.2. The van der Waals surface area contributed by atoms with Crippen LogP contribution < -0.4 is 5.32 Å². The van der Waals surface area contributed by atoms with Gasteiger partial charge in [0, 0.05) is 18.8 Å². The van der Waals surface area contributed by atoms with E-state index in [1.54, 1.807) is 9.35 Å². The number of hydrogen-bond acceptors (Lipinski definition) is 4. The first-order chi connectivity index (χ1) is 15.4. The average molecular weight is 457 g/mol. The molecule has 2 aromatic carbocycles. The molecule has 0 aliphatic rings. The predicted octanol–water partition coefficient (Wildman–Crippen LogP) is 4.73.